The van der Waals surface area contributed by atoms with Gasteiger partial charge in [0, 0.05) is 25.3 Å². The summed E-state index contributed by atoms with van der Waals surface area (Å²) in [6, 6.07) is 0.405. The number of aromatic nitrogens is 2. The van der Waals surface area contributed by atoms with Gasteiger partial charge in [-0.25, -0.2) is 4.98 Å². The molecule has 1 aromatic heterocycles. The molecule has 1 heterocycles. The third-order valence-electron chi connectivity index (χ3n) is 2.66. The standard InChI is InChI=1S/C14H28N4/c1-11(2)15-13-16-12(3)8-18(13)10-14(4,5)9-17(6)7/h8,11H,9-10H2,1-7H3,(H,15,16). The van der Waals surface area contributed by atoms with Crippen molar-refractivity contribution in [3.63, 3.8) is 0 Å². The molecular formula is C14H28N4. The van der Waals surface area contributed by atoms with Gasteiger partial charge in [0.05, 0.1) is 5.69 Å². The van der Waals surface area contributed by atoms with Gasteiger partial charge in [-0.2, -0.15) is 0 Å². The molecule has 0 aromatic carbocycles. The lowest BCUT2D eigenvalue weighted by Crippen LogP contribution is -2.32. The molecule has 4 heteroatoms. The molecule has 0 unspecified atom stereocenters. The highest BCUT2D eigenvalue weighted by atomic mass is 15.2. The van der Waals surface area contributed by atoms with Crippen molar-refractivity contribution in [2.75, 3.05) is 26.0 Å². The highest BCUT2D eigenvalue weighted by molar-refractivity contribution is 5.29. The number of hydrogen-bond donors (Lipinski definition) is 1. The molecule has 0 aliphatic carbocycles. The molecule has 0 saturated carbocycles. The molecule has 4 nitrogen and oxygen atoms in total. The summed E-state index contributed by atoms with van der Waals surface area (Å²) in [5, 5.41) is 3.41. The quantitative estimate of drug-likeness (QED) is 0.845. The zero-order valence-electron chi connectivity index (χ0n) is 12.9. The molecule has 0 bridgehead atoms. The molecule has 0 aliphatic heterocycles. The lowest BCUT2D eigenvalue weighted by atomic mass is 9.93. The minimum absolute atomic E-state index is 0.226. The van der Waals surface area contributed by atoms with Crippen molar-refractivity contribution in [2.45, 2.75) is 47.2 Å². The van der Waals surface area contributed by atoms with Gasteiger partial charge in [0.2, 0.25) is 5.95 Å². The molecule has 0 aliphatic rings. The van der Waals surface area contributed by atoms with Crippen LogP contribution in [0, 0.1) is 12.3 Å². The van der Waals surface area contributed by atoms with Crippen molar-refractivity contribution in [2.24, 2.45) is 5.41 Å². The molecule has 1 aromatic rings. The number of nitrogens with zero attached hydrogens (tertiary/aromatic N) is 3. The predicted molar refractivity (Wildman–Crippen MR) is 78.1 cm³/mol. The Morgan fingerprint density at radius 2 is 2.00 bits per heavy atom. The smallest absolute Gasteiger partial charge is 0.203 e. The number of hydrogen-bond acceptors (Lipinski definition) is 3. The van der Waals surface area contributed by atoms with Crippen LogP contribution in [-0.4, -0.2) is 41.1 Å². The minimum Gasteiger partial charge on any atom is -0.353 e. The van der Waals surface area contributed by atoms with Gasteiger partial charge < -0.3 is 14.8 Å². The Morgan fingerprint density at radius 3 is 2.50 bits per heavy atom. The maximum absolute atomic E-state index is 4.55. The highest BCUT2D eigenvalue weighted by Gasteiger charge is 2.21. The topological polar surface area (TPSA) is 33.1 Å². The summed E-state index contributed by atoms with van der Waals surface area (Å²) >= 11 is 0. The maximum Gasteiger partial charge on any atom is 0.203 e. The number of rotatable bonds is 6. The van der Waals surface area contributed by atoms with Crippen LogP contribution in [0.2, 0.25) is 0 Å². The van der Waals surface area contributed by atoms with Crippen molar-refractivity contribution in [1.82, 2.24) is 14.5 Å². The molecule has 0 saturated heterocycles. The van der Waals surface area contributed by atoms with E-state index >= 15 is 0 Å². The summed E-state index contributed by atoms with van der Waals surface area (Å²) in [5.41, 5.74) is 1.29. The number of aryl methyl sites for hydroxylation is 1. The van der Waals surface area contributed by atoms with Gasteiger partial charge in [0.25, 0.3) is 0 Å². The van der Waals surface area contributed by atoms with Gasteiger partial charge in [-0.1, -0.05) is 13.8 Å². The Morgan fingerprint density at radius 1 is 1.39 bits per heavy atom. The molecule has 1 N–H and O–H groups in total. The Hall–Kier alpha value is -1.03. The fourth-order valence-corrected chi connectivity index (χ4v) is 2.41. The van der Waals surface area contributed by atoms with Gasteiger partial charge >= 0.3 is 0 Å². The number of nitrogens with one attached hydrogen (secondary N) is 1. The van der Waals surface area contributed by atoms with Crippen molar-refractivity contribution < 1.29 is 0 Å². The monoisotopic (exact) mass is 252 g/mol. The van der Waals surface area contributed by atoms with Gasteiger partial charge in [0.1, 0.15) is 0 Å². The van der Waals surface area contributed by atoms with Crippen LogP contribution in [0.25, 0.3) is 0 Å². The van der Waals surface area contributed by atoms with E-state index in [2.05, 4.69) is 67.8 Å². The maximum atomic E-state index is 4.55. The molecule has 0 amide bonds. The van der Waals surface area contributed by atoms with Crippen LogP contribution in [0.15, 0.2) is 6.20 Å². The second-order valence-electron chi connectivity index (χ2n) is 6.53. The third-order valence-corrected chi connectivity index (χ3v) is 2.66. The van der Waals surface area contributed by atoms with E-state index in [-0.39, 0.29) is 5.41 Å². The van der Waals surface area contributed by atoms with Crippen LogP contribution in [-0.2, 0) is 6.54 Å². The predicted octanol–water partition coefficient (Wildman–Crippen LogP) is 2.60. The average Bonchev–Trinajstić information content (AvgIpc) is 2.41. The van der Waals surface area contributed by atoms with E-state index in [1.165, 1.54) is 0 Å². The summed E-state index contributed by atoms with van der Waals surface area (Å²) < 4.78 is 2.23. The van der Waals surface area contributed by atoms with E-state index in [1.807, 2.05) is 6.92 Å². The lowest BCUT2D eigenvalue weighted by Gasteiger charge is -2.29. The van der Waals surface area contributed by atoms with Crippen molar-refractivity contribution in [1.29, 1.82) is 0 Å². The average molecular weight is 252 g/mol. The summed E-state index contributed by atoms with van der Waals surface area (Å²) in [7, 11) is 4.24. The van der Waals surface area contributed by atoms with Gasteiger partial charge in [0.15, 0.2) is 0 Å². The minimum atomic E-state index is 0.226. The largest absolute Gasteiger partial charge is 0.353 e. The first kappa shape index (κ1) is 15.0. The summed E-state index contributed by atoms with van der Waals surface area (Å²) in [4.78, 5) is 6.79. The van der Waals surface area contributed by atoms with Crippen LogP contribution >= 0.6 is 0 Å². The van der Waals surface area contributed by atoms with Crippen molar-refractivity contribution in [3.8, 4) is 0 Å². The molecule has 0 spiro atoms. The van der Waals surface area contributed by atoms with E-state index in [4.69, 9.17) is 0 Å². The SMILES string of the molecule is Cc1cn(CC(C)(C)CN(C)C)c(NC(C)C)n1. The number of imidazole rings is 1. The van der Waals surface area contributed by atoms with Crippen LogP contribution in [0.5, 0.6) is 0 Å². The summed E-state index contributed by atoms with van der Waals surface area (Å²) in [6.45, 7) is 12.9. The molecule has 0 atom stereocenters. The van der Waals surface area contributed by atoms with Gasteiger partial charge in [-0.05, 0) is 40.3 Å². The summed E-state index contributed by atoms with van der Waals surface area (Å²) in [5.74, 6) is 0.981. The first-order valence-corrected chi connectivity index (χ1v) is 6.65. The second-order valence-corrected chi connectivity index (χ2v) is 6.53. The van der Waals surface area contributed by atoms with Gasteiger partial charge in [-0.15, -0.1) is 0 Å². The van der Waals surface area contributed by atoms with E-state index in [9.17, 15) is 0 Å². The Balaban J connectivity index is 2.82. The highest BCUT2D eigenvalue weighted by Crippen LogP contribution is 2.22. The molecule has 18 heavy (non-hydrogen) atoms. The van der Waals surface area contributed by atoms with E-state index < -0.39 is 0 Å². The normalized spacial score (nSPS) is 12.5. The lowest BCUT2D eigenvalue weighted by molar-refractivity contribution is 0.212. The molecule has 1 rings (SSSR count). The van der Waals surface area contributed by atoms with E-state index in [1.54, 1.807) is 0 Å². The zero-order chi connectivity index (χ0) is 13.9. The summed E-state index contributed by atoms with van der Waals surface area (Å²) in [6.07, 6.45) is 2.13. The first-order valence-electron chi connectivity index (χ1n) is 6.65. The van der Waals surface area contributed by atoms with Crippen LogP contribution in [0.1, 0.15) is 33.4 Å². The zero-order valence-corrected chi connectivity index (χ0v) is 12.9. The van der Waals surface area contributed by atoms with E-state index in [0.29, 0.717) is 6.04 Å². The van der Waals surface area contributed by atoms with Crippen molar-refractivity contribution >= 4 is 5.95 Å². The van der Waals surface area contributed by atoms with Crippen molar-refractivity contribution in [3.05, 3.63) is 11.9 Å². The van der Waals surface area contributed by atoms with Crippen LogP contribution < -0.4 is 5.32 Å². The molecule has 0 radical (unpaired) electrons. The fraction of sp³-hybridized carbons (Fsp3) is 0.786. The second kappa shape index (κ2) is 5.74. The third kappa shape index (κ3) is 4.69. The number of anilines is 1. The van der Waals surface area contributed by atoms with Crippen LogP contribution in [0.4, 0.5) is 5.95 Å². The Labute approximate surface area is 111 Å². The van der Waals surface area contributed by atoms with Gasteiger partial charge in [-0.3, -0.25) is 0 Å². The molecular weight excluding hydrogens is 224 g/mol. The van der Waals surface area contributed by atoms with E-state index in [0.717, 1.165) is 24.7 Å². The fourth-order valence-electron chi connectivity index (χ4n) is 2.41. The Kier molecular flexibility index (Phi) is 4.79. The van der Waals surface area contributed by atoms with Crippen LogP contribution in [0.3, 0.4) is 0 Å². The first-order chi connectivity index (χ1) is 8.19. The molecule has 0 fully saturated rings. The Bertz CT molecular complexity index is 377. The molecule has 104 valence electrons.